The van der Waals surface area contributed by atoms with Crippen molar-refractivity contribution in [3.63, 3.8) is 0 Å². The van der Waals surface area contributed by atoms with Crippen molar-refractivity contribution in [1.82, 2.24) is 42.1 Å². The lowest BCUT2D eigenvalue weighted by Crippen LogP contribution is -2.59. The SMILES string of the molecule is C[C@@H]1O[C@@H](OCCNC(=O)CN(CC(=O)NCCO[C@@H]2O[C@@H](C)[C@@H](O)[C@@H](O)[C@@H]2O)[C@@H](CCCCNC(=O)CC[C@H](NC(=O)OCc2ccccc2)C(=O)NCCCCCC(=O)NCCO[C@H]2O[C@H](CO)[C@@H](O)[C@H](O)[C@@H]2O)C(=O)NCCO[C@@H]2O[C@@H](C)[C@@H](O)[C@@H](O)[C@@H]2O)[C@@H](O)[C@H](O)[C@@H]1O. The number of ether oxygens (including phenoxy) is 9. The van der Waals surface area contributed by atoms with Crippen molar-refractivity contribution in [3.05, 3.63) is 35.9 Å². The maximum Gasteiger partial charge on any atom is 0.408 e. The molecule has 4 fully saturated rings. The molecule has 5 rings (SSSR count). The van der Waals surface area contributed by atoms with Crippen molar-refractivity contribution in [2.45, 2.75) is 220 Å². The summed E-state index contributed by atoms with van der Waals surface area (Å²) >= 11 is 0. The molecular weight excluding hydrogens is 1310 g/mol. The fourth-order valence-electron chi connectivity index (χ4n) is 10.7. The molecule has 22 atom stereocenters. The Morgan fingerprint density at radius 2 is 0.847 bits per heavy atom. The molecule has 37 nitrogen and oxygen atoms in total. The van der Waals surface area contributed by atoms with E-state index in [1.54, 1.807) is 30.3 Å². The van der Waals surface area contributed by atoms with Gasteiger partial charge in [0, 0.05) is 52.1 Å². The first-order valence-corrected chi connectivity index (χ1v) is 32.9. The van der Waals surface area contributed by atoms with E-state index in [0.717, 1.165) is 0 Å². The second-order valence-electron chi connectivity index (χ2n) is 24.2. The van der Waals surface area contributed by atoms with E-state index in [-0.39, 0.29) is 117 Å². The highest BCUT2D eigenvalue weighted by Gasteiger charge is 2.46. The Kier molecular flexibility index (Phi) is 36.7. The molecule has 0 unspecified atom stereocenters. The Morgan fingerprint density at radius 1 is 0.439 bits per heavy atom. The number of unbranched alkanes of at least 4 members (excludes halogenated alkanes) is 3. The highest BCUT2D eigenvalue weighted by atomic mass is 16.7. The first-order chi connectivity index (χ1) is 46.7. The molecule has 4 aliphatic heterocycles. The Bertz CT molecular complexity index is 2500. The average molecular weight is 1410 g/mol. The molecule has 98 heavy (non-hydrogen) atoms. The number of aliphatic hydroxyl groups excluding tert-OH is 13. The van der Waals surface area contributed by atoms with Crippen molar-refractivity contribution in [1.29, 1.82) is 0 Å². The summed E-state index contributed by atoms with van der Waals surface area (Å²) < 4.78 is 49.1. The van der Waals surface area contributed by atoms with Gasteiger partial charge in [0.15, 0.2) is 25.2 Å². The monoisotopic (exact) mass is 1410 g/mol. The highest BCUT2D eigenvalue weighted by Crippen LogP contribution is 2.25. The topological polar surface area (TPSA) is 553 Å². The number of carbonyl (C=O) groups excluding carboxylic acids is 7. The third-order valence-corrected chi connectivity index (χ3v) is 16.6. The number of amides is 7. The predicted molar refractivity (Wildman–Crippen MR) is 333 cm³/mol. The van der Waals surface area contributed by atoms with Gasteiger partial charge in [-0.3, -0.25) is 33.7 Å². The van der Waals surface area contributed by atoms with Crippen LogP contribution in [0.15, 0.2) is 30.3 Å². The van der Waals surface area contributed by atoms with E-state index in [9.17, 15) is 99.9 Å². The molecule has 20 N–H and O–H groups in total. The molecule has 0 saturated carbocycles. The minimum Gasteiger partial charge on any atom is -0.445 e. The zero-order valence-electron chi connectivity index (χ0n) is 55.1. The summed E-state index contributed by atoms with van der Waals surface area (Å²) in [5, 5.41) is 150. The molecule has 0 bridgehead atoms. The Labute approximate surface area is 566 Å². The number of hydrogen-bond acceptors (Lipinski definition) is 30. The van der Waals surface area contributed by atoms with Crippen molar-refractivity contribution in [3.8, 4) is 0 Å². The van der Waals surface area contributed by atoms with Crippen LogP contribution in [-0.2, 0) is 78.0 Å². The second-order valence-corrected chi connectivity index (χ2v) is 24.2. The van der Waals surface area contributed by atoms with Crippen molar-refractivity contribution in [2.75, 3.05) is 85.4 Å². The van der Waals surface area contributed by atoms with Crippen LogP contribution in [-0.4, -0.2) is 333 Å². The van der Waals surface area contributed by atoms with E-state index >= 15 is 0 Å². The van der Waals surface area contributed by atoms with Gasteiger partial charge in [0.25, 0.3) is 0 Å². The van der Waals surface area contributed by atoms with Gasteiger partial charge in [-0.05, 0) is 64.9 Å². The number of alkyl carbamates (subject to hydrolysis) is 1. The Balaban J connectivity index is 1.17. The summed E-state index contributed by atoms with van der Waals surface area (Å²) in [5.74, 6) is -3.65. The fraction of sp³-hybridized carbons (Fsp3) is 0.787. The third kappa shape index (κ3) is 27.1. The van der Waals surface area contributed by atoms with Gasteiger partial charge in [-0.15, -0.1) is 0 Å². The number of hydrogen-bond donors (Lipinski definition) is 20. The molecular formula is C61H102N8O29. The Morgan fingerprint density at radius 3 is 1.34 bits per heavy atom. The molecule has 4 saturated heterocycles. The van der Waals surface area contributed by atoms with Gasteiger partial charge in [0.05, 0.1) is 70.5 Å². The molecule has 4 heterocycles. The van der Waals surface area contributed by atoms with E-state index in [2.05, 4.69) is 37.2 Å². The molecule has 0 aliphatic carbocycles. The summed E-state index contributed by atoms with van der Waals surface area (Å²) in [6, 6.07) is 6.21. The third-order valence-electron chi connectivity index (χ3n) is 16.6. The fourth-order valence-corrected chi connectivity index (χ4v) is 10.7. The standard InChI is InChI=1S/C61H102N8O29/c1-32-43(75)47(79)51(83)57(95-32)90-25-21-64-41(73)28-69(29-42(74)65-22-26-91-58-52(84)48(80)44(76)33(2)96-58)37(56(88)67-23-27-92-59-53(85)49(81)45(77)34(3)97-59)14-9-11-18-62-40(72)17-16-36(68-61(89)94-31-35-12-6-4-7-13-35)55(87)66-19-10-5-8-15-39(71)63-20-24-93-60-54(86)50(82)46(78)38(30-70)98-60/h4,6-7,12-13,32-34,36-38,43-54,57-60,70,75-86H,5,8-11,14-31H2,1-3H3,(H,62,72)(H,63,71)(H,64,73)(H,65,74)(H,66,87)(H,67,88)(H,68,89)/t32-,33-,34-,36-,37-,38+,43+,44+,45+,46+,47+,48+,49+,50-,51-,52-,53-,54-,57+,58+,59+,60-/m0/s1. The number of benzene rings is 1. The van der Waals surface area contributed by atoms with Gasteiger partial charge in [-0.2, -0.15) is 0 Å². The molecule has 7 amide bonds. The van der Waals surface area contributed by atoms with E-state index in [1.807, 2.05) is 0 Å². The summed E-state index contributed by atoms with van der Waals surface area (Å²) in [7, 11) is 0. The molecule has 4 aliphatic rings. The van der Waals surface area contributed by atoms with Crippen LogP contribution in [0.5, 0.6) is 0 Å². The van der Waals surface area contributed by atoms with Gasteiger partial charge in [-0.1, -0.05) is 36.8 Å². The lowest BCUT2D eigenvalue weighted by molar-refractivity contribution is -0.300. The van der Waals surface area contributed by atoms with Gasteiger partial charge in [0.2, 0.25) is 35.4 Å². The number of aliphatic hydroxyl groups is 13. The van der Waals surface area contributed by atoms with Crippen LogP contribution in [0.25, 0.3) is 0 Å². The second kappa shape index (κ2) is 43.3. The van der Waals surface area contributed by atoms with Gasteiger partial charge in [-0.25, -0.2) is 4.79 Å². The van der Waals surface area contributed by atoms with Crippen LogP contribution < -0.4 is 37.2 Å². The lowest BCUT2D eigenvalue weighted by Gasteiger charge is -2.39. The van der Waals surface area contributed by atoms with E-state index in [0.29, 0.717) is 24.8 Å². The summed E-state index contributed by atoms with van der Waals surface area (Å²) in [6.45, 7) is 0.920. The number of nitrogens with zero attached hydrogens (tertiary/aromatic N) is 1. The molecule has 1 aromatic carbocycles. The summed E-state index contributed by atoms with van der Waals surface area (Å²) in [5.41, 5.74) is 0.670. The van der Waals surface area contributed by atoms with Gasteiger partial charge < -0.3 is 146 Å². The molecule has 0 radical (unpaired) electrons. The number of nitrogens with one attached hydrogen (secondary N) is 7. The first kappa shape index (κ1) is 83.1. The summed E-state index contributed by atoms with van der Waals surface area (Å²) in [6.07, 6.45) is -27.7. The lowest BCUT2D eigenvalue weighted by atomic mass is 9.99. The predicted octanol–water partition coefficient (Wildman–Crippen LogP) is -8.49. The Hall–Kier alpha value is -5.57. The van der Waals surface area contributed by atoms with Crippen LogP contribution in [0.2, 0.25) is 0 Å². The van der Waals surface area contributed by atoms with Crippen LogP contribution in [0.3, 0.4) is 0 Å². The first-order valence-electron chi connectivity index (χ1n) is 32.9. The largest absolute Gasteiger partial charge is 0.445 e. The van der Waals surface area contributed by atoms with E-state index in [4.69, 9.17) is 42.6 Å². The van der Waals surface area contributed by atoms with Crippen LogP contribution in [0, 0.1) is 0 Å². The number of carbonyl (C=O) groups is 7. The molecule has 37 heteroatoms. The highest BCUT2D eigenvalue weighted by molar-refractivity contribution is 5.87. The maximum absolute atomic E-state index is 14.3. The minimum atomic E-state index is -1.66. The van der Waals surface area contributed by atoms with Gasteiger partial charge >= 0.3 is 6.09 Å². The maximum atomic E-state index is 14.3. The van der Waals surface area contributed by atoms with Crippen LogP contribution in [0.4, 0.5) is 4.79 Å². The normalized spacial score (nSPS) is 30.9. The minimum absolute atomic E-state index is 0.0182. The van der Waals surface area contributed by atoms with Crippen LogP contribution in [0.1, 0.15) is 84.1 Å². The van der Waals surface area contributed by atoms with E-state index < -0.39 is 190 Å². The molecule has 1 aromatic rings. The van der Waals surface area contributed by atoms with Crippen molar-refractivity contribution in [2.24, 2.45) is 0 Å². The average Bonchev–Trinajstić information content (AvgIpc) is 0.854. The molecule has 560 valence electrons. The summed E-state index contributed by atoms with van der Waals surface area (Å²) in [4.78, 5) is 95.4. The van der Waals surface area contributed by atoms with Crippen molar-refractivity contribution < 1.29 is 143 Å². The van der Waals surface area contributed by atoms with Gasteiger partial charge in [0.1, 0.15) is 92.0 Å². The molecule has 0 spiro atoms. The van der Waals surface area contributed by atoms with E-state index in [1.165, 1.54) is 25.7 Å². The van der Waals surface area contributed by atoms with Crippen molar-refractivity contribution >= 4 is 41.5 Å². The zero-order valence-corrected chi connectivity index (χ0v) is 55.1. The van der Waals surface area contributed by atoms with Crippen LogP contribution >= 0.6 is 0 Å². The smallest absolute Gasteiger partial charge is 0.408 e. The molecule has 0 aromatic heterocycles. The number of rotatable bonds is 41. The zero-order chi connectivity index (χ0) is 72.0. The quantitative estimate of drug-likeness (QED) is 0.0271.